The van der Waals surface area contributed by atoms with E-state index in [0.29, 0.717) is 0 Å². The molecule has 0 saturated carbocycles. The van der Waals surface area contributed by atoms with E-state index in [1.54, 1.807) is 0 Å². The molecule has 0 saturated heterocycles. The van der Waals surface area contributed by atoms with Crippen LogP contribution in [0.4, 0.5) is 5.69 Å². The van der Waals surface area contributed by atoms with Crippen LogP contribution in [0.2, 0.25) is 15.1 Å². The van der Waals surface area contributed by atoms with Gasteiger partial charge in [0.05, 0.1) is 26.3 Å². The van der Waals surface area contributed by atoms with Crippen LogP contribution in [-0.4, -0.2) is 23.5 Å². The number of hydrogen-bond acceptors (Lipinski definition) is 4. The van der Waals surface area contributed by atoms with E-state index in [9.17, 15) is 14.4 Å². The van der Waals surface area contributed by atoms with Gasteiger partial charge in [0.2, 0.25) is 5.56 Å². The molecule has 9 heteroatoms. The van der Waals surface area contributed by atoms with Gasteiger partial charge in [0, 0.05) is 12.3 Å². The van der Waals surface area contributed by atoms with Crippen molar-refractivity contribution in [2.75, 3.05) is 11.9 Å². The number of rotatable bonds is 4. The first-order chi connectivity index (χ1) is 10.9. The van der Waals surface area contributed by atoms with Crippen LogP contribution in [0.3, 0.4) is 0 Å². The number of anilines is 1. The molecule has 1 aromatic heterocycles. The summed E-state index contributed by atoms with van der Waals surface area (Å²) in [5, 5.41) is 3.11. The predicted molar refractivity (Wildman–Crippen MR) is 87.4 cm³/mol. The highest BCUT2D eigenvalue weighted by molar-refractivity contribution is 6.44. The number of carbonyl (C=O) groups excluding carboxylic acids is 2. The fourth-order valence-electron chi connectivity index (χ4n) is 1.56. The normalized spacial score (nSPS) is 10.2. The van der Waals surface area contributed by atoms with Gasteiger partial charge in [0.25, 0.3) is 5.91 Å². The number of nitrogens with one attached hydrogen (secondary N) is 2. The zero-order chi connectivity index (χ0) is 17.0. The Bertz CT molecular complexity index is 800. The third-order valence-electron chi connectivity index (χ3n) is 2.64. The van der Waals surface area contributed by atoms with E-state index in [-0.39, 0.29) is 31.9 Å². The Labute approximate surface area is 145 Å². The second-order valence-electron chi connectivity index (χ2n) is 4.31. The van der Waals surface area contributed by atoms with Crippen molar-refractivity contribution in [3.63, 3.8) is 0 Å². The Balaban J connectivity index is 1.95. The van der Waals surface area contributed by atoms with Crippen LogP contribution in [0, 0.1) is 0 Å². The fraction of sp³-hybridized carbons (Fsp3) is 0.0714. The van der Waals surface area contributed by atoms with Crippen molar-refractivity contribution in [1.82, 2.24) is 4.98 Å². The number of esters is 1. The average Bonchev–Trinajstić information content (AvgIpc) is 2.51. The minimum absolute atomic E-state index is 0.116. The molecular formula is C14H9Cl3N2O4. The van der Waals surface area contributed by atoms with Gasteiger partial charge >= 0.3 is 5.97 Å². The summed E-state index contributed by atoms with van der Waals surface area (Å²) < 4.78 is 4.82. The van der Waals surface area contributed by atoms with Gasteiger partial charge < -0.3 is 15.0 Å². The molecule has 0 bridgehead atoms. The SMILES string of the molecule is O=C(COC(=O)c1ccc(=O)[nH]c1)Nc1cc(Cl)c(Cl)cc1Cl. The number of ether oxygens (including phenoxy) is 1. The highest BCUT2D eigenvalue weighted by Gasteiger charge is 2.13. The second-order valence-corrected chi connectivity index (χ2v) is 5.53. The Morgan fingerprint density at radius 2 is 1.78 bits per heavy atom. The van der Waals surface area contributed by atoms with Crippen molar-refractivity contribution in [2.24, 2.45) is 0 Å². The molecule has 120 valence electrons. The van der Waals surface area contributed by atoms with Crippen LogP contribution >= 0.6 is 34.8 Å². The third kappa shape index (κ3) is 4.72. The molecule has 0 radical (unpaired) electrons. The smallest absolute Gasteiger partial charge is 0.340 e. The van der Waals surface area contributed by atoms with Crippen molar-refractivity contribution >= 4 is 52.4 Å². The zero-order valence-corrected chi connectivity index (χ0v) is 13.6. The lowest BCUT2D eigenvalue weighted by molar-refractivity contribution is -0.119. The topological polar surface area (TPSA) is 88.3 Å². The first kappa shape index (κ1) is 17.3. The second kappa shape index (κ2) is 7.50. The summed E-state index contributed by atoms with van der Waals surface area (Å²) in [6.45, 7) is -0.533. The summed E-state index contributed by atoms with van der Waals surface area (Å²) >= 11 is 17.5. The number of halogens is 3. The molecule has 0 aliphatic heterocycles. The molecule has 0 aliphatic carbocycles. The number of amides is 1. The van der Waals surface area contributed by atoms with Gasteiger partial charge in [-0.05, 0) is 18.2 Å². The van der Waals surface area contributed by atoms with E-state index >= 15 is 0 Å². The van der Waals surface area contributed by atoms with Crippen LogP contribution in [0.5, 0.6) is 0 Å². The van der Waals surface area contributed by atoms with Crippen molar-refractivity contribution in [3.05, 3.63) is 61.4 Å². The number of benzene rings is 1. The highest BCUT2D eigenvalue weighted by atomic mass is 35.5. The molecule has 2 N–H and O–H groups in total. The van der Waals surface area contributed by atoms with E-state index in [0.717, 1.165) is 0 Å². The van der Waals surface area contributed by atoms with Gasteiger partial charge in [-0.3, -0.25) is 9.59 Å². The summed E-state index contributed by atoms with van der Waals surface area (Å²) in [5.74, 6) is -1.36. The molecule has 0 atom stereocenters. The van der Waals surface area contributed by atoms with E-state index in [1.165, 1.54) is 30.5 Å². The molecule has 2 aromatic rings. The first-order valence-electron chi connectivity index (χ1n) is 6.17. The summed E-state index contributed by atoms with van der Waals surface area (Å²) in [5.41, 5.74) is 0.00433. The molecule has 23 heavy (non-hydrogen) atoms. The Kier molecular flexibility index (Phi) is 5.65. The maximum absolute atomic E-state index is 11.8. The number of pyridine rings is 1. The number of carbonyl (C=O) groups is 2. The Hall–Kier alpha value is -2.02. The lowest BCUT2D eigenvalue weighted by atomic mass is 10.3. The molecule has 0 fully saturated rings. The van der Waals surface area contributed by atoms with Gasteiger partial charge in [-0.1, -0.05) is 34.8 Å². The van der Waals surface area contributed by atoms with Crippen LogP contribution in [0.25, 0.3) is 0 Å². The Morgan fingerprint density at radius 3 is 2.43 bits per heavy atom. The van der Waals surface area contributed by atoms with Crippen molar-refractivity contribution in [2.45, 2.75) is 0 Å². The van der Waals surface area contributed by atoms with Gasteiger partial charge in [-0.2, -0.15) is 0 Å². The lowest BCUT2D eigenvalue weighted by Crippen LogP contribution is -2.21. The zero-order valence-electron chi connectivity index (χ0n) is 11.4. The highest BCUT2D eigenvalue weighted by Crippen LogP contribution is 2.32. The van der Waals surface area contributed by atoms with E-state index < -0.39 is 18.5 Å². The standard InChI is InChI=1S/C14H9Cl3N2O4/c15-8-3-10(17)11(4-9(8)16)19-13(21)6-23-14(22)7-1-2-12(20)18-5-7/h1-5H,6H2,(H,18,20)(H,19,21). The summed E-state index contributed by atoms with van der Waals surface area (Å²) in [6, 6.07) is 5.22. The minimum atomic E-state index is -0.753. The van der Waals surface area contributed by atoms with Crippen LogP contribution in [0.1, 0.15) is 10.4 Å². The number of hydrogen-bond donors (Lipinski definition) is 2. The molecule has 1 amide bonds. The quantitative estimate of drug-likeness (QED) is 0.635. The maximum atomic E-state index is 11.8. The largest absolute Gasteiger partial charge is 0.452 e. The third-order valence-corrected chi connectivity index (χ3v) is 3.67. The number of aromatic amines is 1. The van der Waals surface area contributed by atoms with Crippen LogP contribution < -0.4 is 10.9 Å². The van der Waals surface area contributed by atoms with E-state index in [1.807, 2.05) is 0 Å². The monoisotopic (exact) mass is 374 g/mol. The average molecular weight is 376 g/mol. The summed E-state index contributed by atoms with van der Waals surface area (Å²) in [6.07, 6.45) is 1.19. The minimum Gasteiger partial charge on any atom is -0.452 e. The van der Waals surface area contributed by atoms with Gasteiger partial charge in [0.1, 0.15) is 0 Å². The molecule has 0 spiro atoms. The fourth-order valence-corrected chi connectivity index (χ4v) is 2.15. The predicted octanol–water partition coefficient (Wildman–Crippen LogP) is 3.13. The molecule has 0 aliphatic rings. The maximum Gasteiger partial charge on any atom is 0.340 e. The van der Waals surface area contributed by atoms with E-state index in [4.69, 9.17) is 39.5 Å². The Morgan fingerprint density at radius 1 is 1.09 bits per heavy atom. The summed E-state index contributed by atoms with van der Waals surface area (Å²) in [4.78, 5) is 36.7. The summed E-state index contributed by atoms with van der Waals surface area (Å²) in [7, 11) is 0. The van der Waals surface area contributed by atoms with Crippen molar-refractivity contribution in [1.29, 1.82) is 0 Å². The molecule has 2 rings (SSSR count). The van der Waals surface area contributed by atoms with Gasteiger partial charge in [0.15, 0.2) is 6.61 Å². The molecule has 1 aromatic carbocycles. The van der Waals surface area contributed by atoms with Gasteiger partial charge in [-0.15, -0.1) is 0 Å². The molecule has 6 nitrogen and oxygen atoms in total. The number of H-pyrrole nitrogens is 1. The van der Waals surface area contributed by atoms with Crippen LogP contribution in [-0.2, 0) is 9.53 Å². The molecule has 0 unspecified atom stereocenters. The molecule has 1 heterocycles. The van der Waals surface area contributed by atoms with Crippen molar-refractivity contribution < 1.29 is 14.3 Å². The first-order valence-corrected chi connectivity index (χ1v) is 7.30. The lowest BCUT2D eigenvalue weighted by Gasteiger charge is -2.09. The van der Waals surface area contributed by atoms with Crippen LogP contribution in [0.15, 0.2) is 35.3 Å². The van der Waals surface area contributed by atoms with Crippen molar-refractivity contribution in [3.8, 4) is 0 Å². The van der Waals surface area contributed by atoms with Gasteiger partial charge in [-0.25, -0.2) is 4.79 Å². The number of aromatic nitrogens is 1. The van der Waals surface area contributed by atoms with E-state index in [2.05, 4.69) is 10.3 Å². The molecular weight excluding hydrogens is 367 g/mol.